The minimum absolute atomic E-state index is 0.144. The number of ketones is 1. The fourth-order valence-corrected chi connectivity index (χ4v) is 2.36. The van der Waals surface area contributed by atoms with Gasteiger partial charge in [-0.2, -0.15) is 0 Å². The highest BCUT2D eigenvalue weighted by Crippen LogP contribution is 2.16. The lowest BCUT2D eigenvalue weighted by Gasteiger charge is -2.06. The van der Waals surface area contributed by atoms with E-state index in [2.05, 4.69) is 4.98 Å². The Morgan fingerprint density at radius 3 is 2.67 bits per heavy atom. The molecule has 0 radical (unpaired) electrons. The van der Waals surface area contributed by atoms with Crippen LogP contribution in [0.25, 0.3) is 11.0 Å². The molecule has 1 aromatic heterocycles. The van der Waals surface area contributed by atoms with E-state index >= 15 is 0 Å². The number of hydrogen-bond acceptors (Lipinski definition) is 2. The molecule has 0 N–H and O–H groups in total. The van der Waals surface area contributed by atoms with Crippen molar-refractivity contribution in [2.75, 3.05) is 0 Å². The van der Waals surface area contributed by atoms with Crippen molar-refractivity contribution < 1.29 is 9.18 Å². The van der Waals surface area contributed by atoms with E-state index in [4.69, 9.17) is 0 Å². The van der Waals surface area contributed by atoms with Gasteiger partial charge in [-0.1, -0.05) is 31.2 Å². The summed E-state index contributed by atoms with van der Waals surface area (Å²) >= 11 is 0. The van der Waals surface area contributed by atoms with E-state index in [1.54, 1.807) is 12.4 Å². The van der Waals surface area contributed by atoms with Gasteiger partial charge >= 0.3 is 0 Å². The number of aromatic nitrogens is 2. The van der Waals surface area contributed by atoms with Crippen molar-refractivity contribution in [3.63, 3.8) is 0 Å². The summed E-state index contributed by atoms with van der Waals surface area (Å²) < 4.78 is 15.1. The lowest BCUT2D eigenvalue weighted by atomic mass is 10.1. The normalized spacial score (nSPS) is 11.0. The van der Waals surface area contributed by atoms with Gasteiger partial charge in [0, 0.05) is 24.6 Å². The van der Waals surface area contributed by atoms with Gasteiger partial charge in [0.15, 0.2) is 5.78 Å². The second kappa shape index (κ2) is 5.48. The molecule has 0 saturated carbocycles. The van der Waals surface area contributed by atoms with Crippen LogP contribution in [0.4, 0.5) is 4.39 Å². The van der Waals surface area contributed by atoms with Crippen molar-refractivity contribution in [3.05, 3.63) is 65.7 Å². The van der Waals surface area contributed by atoms with Crippen molar-refractivity contribution in [2.45, 2.75) is 19.9 Å². The first-order valence-corrected chi connectivity index (χ1v) is 6.90. The smallest absolute Gasteiger partial charge is 0.162 e. The van der Waals surface area contributed by atoms with E-state index < -0.39 is 0 Å². The number of carbonyl (C=O) groups excluding carboxylic acids is 1. The lowest BCUT2D eigenvalue weighted by molar-refractivity contribution is 0.0988. The van der Waals surface area contributed by atoms with Gasteiger partial charge in [-0.05, 0) is 17.7 Å². The maximum absolute atomic E-state index is 13.1. The molecule has 0 aliphatic rings. The van der Waals surface area contributed by atoms with Crippen LogP contribution in [0.15, 0.2) is 48.8 Å². The van der Waals surface area contributed by atoms with Crippen LogP contribution < -0.4 is 0 Å². The molecule has 106 valence electrons. The number of imidazole rings is 1. The zero-order chi connectivity index (χ0) is 14.8. The molecule has 0 amide bonds. The minimum atomic E-state index is -0.282. The average Bonchev–Trinajstić information content (AvgIpc) is 2.89. The Bertz CT molecular complexity index is 790. The summed E-state index contributed by atoms with van der Waals surface area (Å²) in [6.07, 6.45) is 2.21. The first-order valence-electron chi connectivity index (χ1n) is 6.90. The molecule has 0 unspecified atom stereocenters. The van der Waals surface area contributed by atoms with Crippen LogP contribution in [0.3, 0.4) is 0 Å². The first kappa shape index (κ1) is 13.5. The van der Waals surface area contributed by atoms with Gasteiger partial charge in [0.1, 0.15) is 5.82 Å². The molecule has 3 nitrogen and oxygen atoms in total. The van der Waals surface area contributed by atoms with Crippen LogP contribution in [0.2, 0.25) is 0 Å². The molecule has 3 rings (SSSR count). The Labute approximate surface area is 122 Å². The van der Waals surface area contributed by atoms with Gasteiger partial charge < -0.3 is 4.57 Å². The minimum Gasteiger partial charge on any atom is -0.326 e. The number of carbonyl (C=O) groups is 1. The first-order chi connectivity index (χ1) is 10.2. The van der Waals surface area contributed by atoms with Crippen LogP contribution >= 0.6 is 0 Å². The van der Waals surface area contributed by atoms with E-state index in [-0.39, 0.29) is 11.6 Å². The molecule has 0 fully saturated rings. The van der Waals surface area contributed by atoms with E-state index in [1.807, 2.05) is 35.8 Å². The summed E-state index contributed by atoms with van der Waals surface area (Å²) in [5.74, 6) is -0.139. The Morgan fingerprint density at radius 1 is 1.19 bits per heavy atom. The zero-order valence-corrected chi connectivity index (χ0v) is 11.7. The van der Waals surface area contributed by atoms with Gasteiger partial charge in [-0.25, -0.2) is 9.37 Å². The van der Waals surface area contributed by atoms with Crippen molar-refractivity contribution >= 4 is 16.8 Å². The topological polar surface area (TPSA) is 34.9 Å². The number of fused-ring (bicyclic) bond motifs is 1. The average molecular weight is 282 g/mol. The third-order valence-electron chi connectivity index (χ3n) is 3.53. The number of Topliss-reactive ketones (excluding diaryl/α,β-unsaturated/α-hetero) is 1. The van der Waals surface area contributed by atoms with Gasteiger partial charge in [0.05, 0.1) is 17.4 Å². The molecule has 2 aromatic carbocycles. The van der Waals surface area contributed by atoms with Crippen LogP contribution in [0.5, 0.6) is 0 Å². The molecule has 0 atom stereocenters. The van der Waals surface area contributed by atoms with Crippen molar-refractivity contribution in [2.24, 2.45) is 0 Å². The van der Waals surface area contributed by atoms with E-state index in [0.717, 1.165) is 16.6 Å². The van der Waals surface area contributed by atoms with Gasteiger partial charge in [0.25, 0.3) is 0 Å². The van der Waals surface area contributed by atoms with E-state index in [1.165, 1.54) is 12.1 Å². The maximum atomic E-state index is 13.1. The van der Waals surface area contributed by atoms with Crippen LogP contribution in [0, 0.1) is 5.82 Å². The summed E-state index contributed by atoms with van der Waals surface area (Å²) in [7, 11) is 0. The van der Waals surface area contributed by atoms with Gasteiger partial charge in [-0.15, -0.1) is 0 Å². The fourth-order valence-electron chi connectivity index (χ4n) is 2.36. The maximum Gasteiger partial charge on any atom is 0.162 e. The van der Waals surface area contributed by atoms with Crippen molar-refractivity contribution in [1.82, 2.24) is 9.55 Å². The quantitative estimate of drug-likeness (QED) is 0.682. The van der Waals surface area contributed by atoms with Gasteiger partial charge in [-0.3, -0.25) is 4.79 Å². The highest BCUT2D eigenvalue weighted by molar-refractivity contribution is 5.95. The summed E-state index contributed by atoms with van der Waals surface area (Å²) in [5.41, 5.74) is 3.35. The summed E-state index contributed by atoms with van der Waals surface area (Å²) in [5, 5.41) is 0. The highest BCUT2D eigenvalue weighted by Gasteiger charge is 2.06. The molecule has 0 saturated heterocycles. The Balaban J connectivity index is 1.86. The Hall–Kier alpha value is -2.49. The van der Waals surface area contributed by atoms with Crippen molar-refractivity contribution in [1.29, 1.82) is 0 Å². The van der Waals surface area contributed by atoms with Crippen LogP contribution in [-0.4, -0.2) is 15.3 Å². The summed E-state index contributed by atoms with van der Waals surface area (Å²) in [6, 6.07) is 12.2. The molecule has 21 heavy (non-hydrogen) atoms. The monoisotopic (exact) mass is 282 g/mol. The largest absolute Gasteiger partial charge is 0.326 e. The number of halogens is 1. The van der Waals surface area contributed by atoms with E-state index in [9.17, 15) is 9.18 Å². The number of benzene rings is 2. The SMILES string of the molecule is CCC(=O)c1ccc(Cn2cnc3cc(F)ccc32)cc1. The Kier molecular flexibility index (Phi) is 3.52. The number of nitrogens with zero attached hydrogens (tertiary/aromatic N) is 2. The lowest BCUT2D eigenvalue weighted by Crippen LogP contribution is -2.00. The summed E-state index contributed by atoms with van der Waals surface area (Å²) in [6.45, 7) is 2.50. The molecular formula is C17H15FN2O. The standard InChI is InChI=1S/C17H15FN2O/c1-2-17(21)13-5-3-12(4-6-13)10-20-11-19-15-9-14(18)7-8-16(15)20/h3-9,11H,2,10H2,1H3. The Morgan fingerprint density at radius 2 is 1.95 bits per heavy atom. The molecule has 1 heterocycles. The van der Waals surface area contributed by atoms with Gasteiger partial charge in [0.2, 0.25) is 0 Å². The fraction of sp³-hybridized carbons (Fsp3) is 0.176. The number of rotatable bonds is 4. The molecule has 0 bridgehead atoms. The van der Waals surface area contributed by atoms with E-state index in [0.29, 0.717) is 18.5 Å². The molecule has 0 spiro atoms. The third kappa shape index (κ3) is 2.70. The zero-order valence-electron chi connectivity index (χ0n) is 11.7. The molecule has 0 aliphatic heterocycles. The molecule has 0 aliphatic carbocycles. The molecule has 3 aromatic rings. The molecular weight excluding hydrogens is 267 g/mol. The third-order valence-corrected chi connectivity index (χ3v) is 3.53. The number of hydrogen-bond donors (Lipinski definition) is 0. The predicted octanol–water partition coefficient (Wildman–Crippen LogP) is 3.82. The van der Waals surface area contributed by atoms with Crippen LogP contribution in [0.1, 0.15) is 29.3 Å². The second-order valence-corrected chi connectivity index (χ2v) is 4.98. The molecule has 4 heteroatoms. The highest BCUT2D eigenvalue weighted by atomic mass is 19.1. The summed E-state index contributed by atoms with van der Waals surface area (Å²) in [4.78, 5) is 15.8. The predicted molar refractivity (Wildman–Crippen MR) is 79.9 cm³/mol. The second-order valence-electron chi connectivity index (χ2n) is 4.98. The van der Waals surface area contributed by atoms with Crippen LogP contribution in [-0.2, 0) is 6.54 Å². The van der Waals surface area contributed by atoms with Crippen molar-refractivity contribution in [3.8, 4) is 0 Å².